The Morgan fingerprint density at radius 3 is 2.61 bits per heavy atom. The molecule has 0 saturated heterocycles. The zero-order valence-corrected chi connectivity index (χ0v) is 11.1. The summed E-state index contributed by atoms with van der Waals surface area (Å²) >= 11 is 0. The van der Waals surface area contributed by atoms with Crippen LogP contribution in [-0.4, -0.2) is 12.1 Å². The van der Waals surface area contributed by atoms with Gasteiger partial charge in [-0.2, -0.15) is 0 Å². The van der Waals surface area contributed by atoms with Crippen LogP contribution in [0.3, 0.4) is 0 Å². The first-order chi connectivity index (χ1) is 8.63. The van der Waals surface area contributed by atoms with E-state index in [1.54, 1.807) is 0 Å². The standard InChI is InChI=1S/C15H21NO2/c1-4-8-14(12(2)3)16-15(17)18-11-13-9-6-5-7-10-13/h4-7,9-10,12,14H,1,8,11H2,2-3H3,(H,16,17). The summed E-state index contributed by atoms with van der Waals surface area (Å²) in [6.07, 6.45) is 2.18. The monoisotopic (exact) mass is 247 g/mol. The maximum absolute atomic E-state index is 11.6. The van der Waals surface area contributed by atoms with Gasteiger partial charge in [-0.05, 0) is 17.9 Å². The molecule has 1 rings (SSSR count). The van der Waals surface area contributed by atoms with Gasteiger partial charge in [0.1, 0.15) is 6.61 Å². The molecule has 1 N–H and O–H groups in total. The van der Waals surface area contributed by atoms with Crippen molar-refractivity contribution in [3.8, 4) is 0 Å². The average molecular weight is 247 g/mol. The molecule has 0 fully saturated rings. The quantitative estimate of drug-likeness (QED) is 0.781. The molecule has 3 nitrogen and oxygen atoms in total. The topological polar surface area (TPSA) is 38.3 Å². The Morgan fingerprint density at radius 1 is 1.39 bits per heavy atom. The molecule has 0 spiro atoms. The summed E-state index contributed by atoms with van der Waals surface area (Å²) < 4.78 is 5.17. The Kier molecular flexibility index (Phi) is 5.98. The van der Waals surface area contributed by atoms with Crippen LogP contribution >= 0.6 is 0 Å². The van der Waals surface area contributed by atoms with Gasteiger partial charge in [0.05, 0.1) is 0 Å². The Morgan fingerprint density at radius 2 is 2.06 bits per heavy atom. The van der Waals surface area contributed by atoms with Gasteiger partial charge in [0.25, 0.3) is 0 Å². The minimum atomic E-state index is -0.376. The van der Waals surface area contributed by atoms with Crippen LogP contribution in [0.15, 0.2) is 43.0 Å². The number of alkyl carbamates (subject to hydrolysis) is 1. The fourth-order valence-electron chi connectivity index (χ4n) is 1.59. The lowest BCUT2D eigenvalue weighted by molar-refractivity contribution is 0.133. The Balaban J connectivity index is 2.38. The van der Waals surface area contributed by atoms with Crippen molar-refractivity contribution in [3.63, 3.8) is 0 Å². The van der Waals surface area contributed by atoms with Gasteiger partial charge in [-0.25, -0.2) is 4.79 Å². The molecule has 0 aromatic heterocycles. The first-order valence-electron chi connectivity index (χ1n) is 6.21. The van der Waals surface area contributed by atoms with Crippen molar-refractivity contribution in [3.05, 3.63) is 48.6 Å². The fourth-order valence-corrected chi connectivity index (χ4v) is 1.59. The summed E-state index contributed by atoms with van der Waals surface area (Å²) in [5.41, 5.74) is 0.984. The number of benzene rings is 1. The van der Waals surface area contributed by atoms with Crippen LogP contribution in [0.1, 0.15) is 25.8 Å². The maximum Gasteiger partial charge on any atom is 0.407 e. The highest BCUT2D eigenvalue weighted by molar-refractivity contribution is 5.67. The second-order valence-corrected chi connectivity index (χ2v) is 4.58. The number of carbonyl (C=O) groups is 1. The highest BCUT2D eigenvalue weighted by atomic mass is 16.5. The van der Waals surface area contributed by atoms with E-state index < -0.39 is 0 Å². The Labute approximate surface area is 109 Å². The molecule has 0 aliphatic heterocycles. The first-order valence-corrected chi connectivity index (χ1v) is 6.21. The van der Waals surface area contributed by atoms with Crippen LogP contribution in [0, 0.1) is 5.92 Å². The maximum atomic E-state index is 11.6. The van der Waals surface area contributed by atoms with E-state index in [-0.39, 0.29) is 12.1 Å². The van der Waals surface area contributed by atoms with E-state index in [0.29, 0.717) is 12.5 Å². The number of hydrogen-bond donors (Lipinski definition) is 1. The van der Waals surface area contributed by atoms with Crippen LogP contribution in [0.5, 0.6) is 0 Å². The predicted octanol–water partition coefficient (Wildman–Crippen LogP) is 3.51. The second-order valence-electron chi connectivity index (χ2n) is 4.58. The average Bonchev–Trinajstić information content (AvgIpc) is 2.37. The van der Waals surface area contributed by atoms with Crippen LogP contribution in [0.4, 0.5) is 4.79 Å². The zero-order chi connectivity index (χ0) is 13.4. The van der Waals surface area contributed by atoms with Crippen molar-refractivity contribution >= 4 is 6.09 Å². The van der Waals surface area contributed by atoms with Gasteiger partial charge in [-0.15, -0.1) is 6.58 Å². The summed E-state index contributed by atoms with van der Waals surface area (Å²) in [4.78, 5) is 11.6. The third-order valence-electron chi connectivity index (χ3n) is 2.74. The molecule has 1 amide bonds. The van der Waals surface area contributed by atoms with E-state index >= 15 is 0 Å². The van der Waals surface area contributed by atoms with Crippen LogP contribution in [-0.2, 0) is 11.3 Å². The highest BCUT2D eigenvalue weighted by Gasteiger charge is 2.15. The molecule has 1 aromatic carbocycles. The summed E-state index contributed by atoms with van der Waals surface area (Å²) in [6, 6.07) is 9.71. The molecule has 0 aliphatic rings. The number of ether oxygens (including phenoxy) is 1. The van der Waals surface area contributed by atoms with Gasteiger partial charge in [0.15, 0.2) is 0 Å². The van der Waals surface area contributed by atoms with Gasteiger partial charge in [-0.1, -0.05) is 50.3 Å². The molecule has 0 bridgehead atoms. The SMILES string of the molecule is C=CCC(NC(=O)OCc1ccccc1)C(C)C. The van der Waals surface area contributed by atoms with Crippen molar-refractivity contribution in [2.75, 3.05) is 0 Å². The third-order valence-corrected chi connectivity index (χ3v) is 2.74. The van der Waals surface area contributed by atoms with Gasteiger partial charge < -0.3 is 10.1 Å². The van der Waals surface area contributed by atoms with Gasteiger partial charge in [0.2, 0.25) is 0 Å². The Bertz CT molecular complexity index is 373. The minimum absolute atomic E-state index is 0.0748. The number of nitrogens with one attached hydrogen (secondary N) is 1. The second kappa shape index (κ2) is 7.54. The molecule has 1 unspecified atom stereocenters. The molecule has 1 aromatic rings. The van der Waals surface area contributed by atoms with E-state index in [4.69, 9.17) is 4.74 Å². The summed E-state index contributed by atoms with van der Waals surface area (Å²) in [6.45, 7) is 8.11. The van der Waals surface area contributed by atoms with Crippen molar-refractivity contribution in [2.45, 2.75) is 32.9 Å². The first kappa shape index (κ1) is 14.3. The lowest BCUT2D eigenvalue weighted by atomic mass is 10.0. The van der Waals surface area contributed by atoms with Gasteiger partial charge in [-0.3, -0.25) is 0 Å². The fraction of sp³-hybridized carbons (Fsp3) is 0.400. The van der Waals surface area contributed by atoms with Crippen LogP contribution < -0.4 is 5.32 Å². The van der Waals surface area contributed by atoms with Gasteiger partial charge >= 0.3 is 6.09 Å². The Hall–Kier alpha value is -1.77. The largest absolute Gasteiger partial charge is 0.445 e. The van der Waals surface area contributed by atoms with Gasteiger partial charge in [0, 0.05) is 6.04 Å². The summed E-state index contributed by atoms with van der Waals surface area (Å²) in [5.74, 6) is 0.354. The van der Waals surface area contributed by atoms with E-state index in [0.717, 1.165) is 12.0 Å². The van der Waals surface area contributed by atoms with E-state index in [1.165, 1.54) is 0 Å². The third kappa shape index (κ3) is 5.04. The molecule has 98 valence electrons. The molecule has 0 radical (unpaired) electrons. The minimum Gasteiger partial charge on any atom is -0.445 e. The van der Waals surface area contributed by atoms with Crippen LogP contribution in [0.2, 0.25) is 0 Å². The van der Waals surface area contributed by atoms with Crippen LogP contribution in [0.25, 0.3) is 0 Å². The van der Waals surface area contributed by atoms with Crippen molar-refractivity contribution in [1.82, 2.24) is 5.32 Å². The highest BCUT2D eigenvalue weighted by Crippen LogP contribution is 2.07. The summed E-state index contributed by atoms with van der Waals surface area (Å²) in [7, 11) is 0. The lowest BCUT2D eigenvalue weighted by Crippen LogP contribution is -2.38. The molecular formula is C15H21NO2. The zero-order valence-electron chi connectivity index (χ0n) is 11.1. The van der Waals surface area contributed by atoms with E-state index in [2.05, 4.69) is 25.7 Å². The van der Waals surface area contributed by atoms with E-state index in [1.807, 2.05) is 36.4 Å². The number of hydrogen-bond acceptors (Lipinski definition) is 2. The number of amides is 1. The normalized spacial score (nSPS) is 11.9. The van der Waals surface area contributed by atoms with Crippen molar-refractivity contribution < 1.29 is 9.53 Å². The molecule has 1 atom stereocenters. The molecular weight excluding hydrogens is 226 g/mol. The number of rotatable bonds is 6. The smallest absolute Gasteiger partial charge is 0.407 e. The molecule has 0 heterocycles. The van der Waals surface area contributed by atoms with Crippen molar-refractivity contribution in [2.24, 2.45) is 5.92 Å². The molecule has 3 heteroatoms. The predicted molar refractivity (Wildman–Crippen MR) is 73.2 cm³/mol. The molecule has 0 saturated carbocycles. The summed E-state index contributed by atoms with van der Waals surface area (Å²) in [5, 5.41) is 2.86. The number of carbonyl (C=O) groups excluding carboxylic acids is 1. The lowest BCUT2D eigenvalue weighted by Gasteiger charge is -2.20. The van der Waals surface area contributed by atoms with E-state index in [9.17, 15) is 4.79 Å². The molecule has 0 aliphatic carbocycles. The molecule has 18 heavy (non-hydrogen) atoms. The van der Waals surface area contributed by atoms with Crippen molar-refractivity contribution in [1.29, 1.82) is 0 Å².